The van der Waals surface area contributed by atoms with Crippen LogP contribution in [0.15, 0.2) is 66.2 Å². The van der Waals surface area contributed by atoms with Crippen molar-refractivity contribution in [1.82, 2.24) is 0 Å². The largest absolute Gasteiger partial charge is 0.145 e. The summed E-state index contributed by atoms with van der Waals surface area (Å²) in [6, 6.07) is 21.6. The third kappa shape index (κ3) is 3.54. The van der Waals surface area contributed by atoms with Crippen molar-refractivity contribution in [2.45, 2.75) is 38.5 Å². The first-order valence-electron chi connectivity index (χ1n) is 8.03. The molecule has 0 heterocycles. The Morgan fingerprint density at radius 3 is 1.86 bits per heavy atom. The van der Waals surface area contributed by atoms with Crippen LogP contribution in [0.3, 0.4) is 0 Å². The molecule has 0 heteroatoms. The van der Waals surface area contributed by atoms with E-state index in [2.05, 4.69) is 66.7 Å². The summed E-state index contributed by atoms with van der Waals surface area (Å²) in [7, 11) is 0. The van der Waals surface area contributed by atoms with Gasteiger partial charge in [0.25, 0.3) is 0 Å². The zero-order valence-corrected chi connectivity index (χ0v) is 12.5. The molecule has 0 nitrogen and oxygen atoms in total. The van der Waals surface area contributed by atoms with Crippen molar-refractivity contribution in [2.75, 3.05) is 0 Å². The summed E-state index contributed by atoms with van der Waals surface area (Å²) >= 11 is 0. The fourth-order valence-electron chi connectivity index (χ4n) is 3.05. The number of benzene rings is 2. The van der Waals surface area contributed by atoms with E-state index in [-0.39, 0.29) is 0 Å². The molecule has 0 spiro atoms. The number of hydrogen-bond acceptors (Lipinski definition) is 0. The van der Waals surface area contributed by atoms with E-state index < -0.39 is 0 Å². The van der Waals surface area contributed by atoms with Crippen LogP contribution < -0.4 is 0 Å². The van der Waals surface area contributed by atoms with Gasteiger partial charge >= 0.3 is 0 Å². The molecule has 0 amide bonds. The smallest absolute Gasteiger partial charge is 0.00153 e. The van der Waals surface area contributed by atoms with Crippen molar-refractivity contribution in [3.8, 4) is 0 Å². The van der Waals surface area contributed by atoms with Crippen LogP contribution in [0.5, 0.6) is 0 Å². The number of hydrogen-bond donors (Lipinski definition) is 0. The molecule has 0 aromatic heterocycles. The summed E-state index contributed by atoms with van der Waals surface area (Å²) in [6.07, 6.45) is 11.2. The third-order valence-corrected chi connectivity index (χ3v) is 4.12. The molecule has 0 fully saturated rings. The van der Waals surface area contributed by atoms with Gasteiger partial charge in [0, 0.05) is 6.42 Å². The highest BCUT2D eigenvalue weighted by atomic mass is 14.2. The van der Waals surface area contributed by atoms with E-state index in [0.717, 1.165) is 12.8 Å². The Labute approximate surface area is 128 Å². The molecule has 2 aromatic carbocycles. The van der Waals surface area contributed by atoms with Crippen LogP contribution in [0.2, 0.25) is 0 Å². The van der Waals surface area contributed by atoms with E-state index in [4.69, 9.17) is 0 Å². The Kier molecular flexibility index (Phi) is 4.71. The monoisotopic (exact) mass is 274 g/mol. The number of allylic oxidation sites excluding steroid dienone is 2. The van der Waals surface area contributed by atoms with Crippen molar-refractivity contribution in [2.24, 2.45) is 0 Å². The first-order valence-corrected chi connectivity index (χ1v) is 8.03. The summed E-state index contributed by atoms with van der Waals surface area (Å²) < 4.78 is 0. The van der Waals surface area contributed by atoms with Crippen molar-refractivity contribution in [1.29, 1.82) is 0 Å². The fourth-order valence-corrected chi connectivity index (χ4v) is 3.05. The molecule has 21 heavy (non-hydrogen) atoms. The molecule has 0 N–H and O–H groups in total. The lowest BCUT2D eigenvalue weighted by Gasteiger charge is -2.22. The average molecular weight is 274 g/mol. The van der Waals surface area contributed by atoms with E-state index in [1.54, 1.807) is 0 Å². The minimum absolute atomic E-state index is 1.10. The normalized spacial score (nSPS) is 15.3. The zero-order valence-electron chi connectivity index (χ0n) is 12.5. The Morgan fingerprint density at radius 1 is 0.667 bits per heavy atom. The molecular formula is C21H22. The van der Waals surface area contributed by atoms with Gasteiger partial charge < -0.3 is 0 Å². The molecule has 0 saturated heterocycles. The van der Waals surface area contributed by atoms with Gasteiger partial charge in [0.15, 0.2) is 0 Å². The third-order valence-electron chi connectivity index (χ3n) is 4.12. The van der Waals surface area contributed by atoms with Crippen LogP contribution in [-0.2, 0) is 0 Å². The molecule has 106 valence electrons. The molecule has 1 aliphatic carbocycles. The highest BCUT2D eigenvalue weighted by Crippen LogP contribution is 2.34. The number of rotatable bonds is 3. The van der Waals surface area contributed by atoms with Gasteiger partial charge in [-0.1, -0.05) is 73.5 Å². The summed E-state index contributed by atoms with van der Waals surface area (Å²) in [5.41, 5.74) is 4.03. The Balaban J connectivity index is 1.99. The minimum atomic E-state index is 1.10. The van der Waals surface area contributed by atoms with Crippen molar-refractivity contribution >= 4 is 0 Å². The highest BCUT2D eigenvalue weighted by Gasteiger charge is 2.19. The molecular weight excluding hydrogens is 252 g/mol. The molecule has 0 saturated carbocycles. The first kappa shape index (κ1) is 13.9. The second-order valence-corrected chi connectivity index (χ2v) is 5.68. The molecule has 0 atom stereocenters. The van der Waals surface area contributed by atoms with Gasteiger partial charge in [0.2, 0.25) is 0 Å². The molecule has 0 bridgehead atoms. The van der Waals surface area contributed by atoms with Crippen LogP contribution >= 0.6 is 0 Å². The summed E-state index contributed by atoms with van der Waals surface area (Å²) in [5, 5.41) is 0. The maximum absolute atomic E-state index is 3.70. The van der Waals surface area contributed by atoms with Crippen molar-refractivity contribution in [3.05, 3.63) is 89.4 Å². The van der Waals surface area contributed by atoms with Crippen molar-refractivity contribution in [3.63, 3.8) is 0 Å². The van der Waals surface area contributed by atoms with Gasteiger partial charge in [-0.15, -0.1) is 6.08 Å². The molecule has 0 aliphatic heterocycles. The van der Waals surface area contributed by atoms with E-state index in [1.165, 1.54) is 48.3 Å². The van der Waals surface area contributed by atoms with Gasteiger partial charge in [0.05, 0.1) is 0 Å². The quantitative estimate of drug-likeness (QED) is 0.626. The zero-order chi connectivity index (χ0) is 14.3. The molecule has 0 radical (unpaired) electrons. The Bertz CT molecular complexity index is 526. The van der Waals surface area contributed by atoms with E-state index >= 15 is 0 Å². The van der Waals surface area contributed by atoms with Crippen LogP contribution in [0, 0.1) is 12.0 Å². The van der Waals surface area contributed by atoms with Gasteiger partial charge in [0.1, 0.15) is 0 Å². The SMILES string of the molecule is [C+]1=C([C-](c2ccccc2)c2ccccc2)CCCCCC1. The maximum Gasteiger partial charge on any atom is 0.00153 e. The molecule has 0 unspecified atom stereocenters. The lowest BCUT2D eigenvalue weighted by atomic mass is 9.81. The predicted molar refractivity (Wildman–Crippen MR) is 88.8 cm³/mol. The van der Waals surface area contributed by atoms with Crippen molar-refractivity contribution < 1.29 is 0 Å². The topological polar surface area (TPSA) is 0 Å². The van der Waals surface area contributed by atoms with Crippen LogP contribution in [0.25, 0.3) is 0 Å². The van der Waals surface area contributed by atoms with Gasteiger partial charge in [-0.05, 0) is 41.9 Å². The van der Waals surface area contributed by atoms with E-state index in [9.17, 15) is 0 Å². The summed E-state index contributed by atoms with van der Waals surface area (Å²) in [5.74, 6) is 1.37. The Hall–Kier alpha value is -2.04. The molecule has 2 aromatic rings. The van der Waals surface area contributed by atoms with Gasteiger partial charge in [-0.3, -0.25) is 0 Å². The lowest BCUT2D eigenvalue weighted by Crippen LogP contribution is -2.07. The Morgan fingerprint density at radius 2 is 1.24 bits per heavy atom. The second kappa shape index (κ2) is 7.11. The molecule has 1 aliphatic rings. The van der Waals surface area contributed by atoms with E-state index in [0.29, 0.717) is 0 Å². The van der Waals surface area contributed by atoms with Crippen LogP contribution in [0.4, 0.5) is 0 Å². The van der Waals surface area contributed by atoms with Gasteiger partial charge in [-0.25, -0.2) is 0 Å². The lowest BCUT2D eigenvalue weighted by molar-refractivity contribution is 0.618. The van der Waals surface area contributed by atoms with Gasteiger partial charge in [-0.2, -0.15) is 0 Å². The predicted octanol–water partition coefficient (Wildman–Crippen LogP) is 5.74. The van der Waals surface area contributed by atoms with Crippen LogP contribution in [-0.4, -0.2) is 0 Å². The van der Waals surface area contributed by atoms with E-state index in [1.807, 2.05) is 0 Å². The second-order valence-electron chi connectivity index (χ2n) is 5.68. The summed E-state index contributed by atoms with van der Waals surface area (Å²) in [4.78, 5) is 0. The highest BCUT2D eigenvalue weighted by molar-refractivity contribution is 5.55. The maximum atomic E-state index is 3.70. The fraction of sp³-hybridized carbons (Fsp3) is 0.286. The first-order chi connectivity index (χ1) is 10.4. The minimum Gasteiger partial charge on any atom is -0.145 e. The summed E-state index contributed by atoms with van der Waals surface area (Å²) in [6.45, 7) is 0. The van der Waals surface area contributed by atoms with Crippen LogP contribution in [0.1, 0.15) is 49.7 Å². The average Bonchev–Trinajstić information content (AvgIpc) is 2.52. The standard InChI is InChI=1S/C21H22/c1-2-6-12-18(13-7-3-1)21(19-14-8-4-9-15-19)20-16-10-5-11-17-20/h4-5,8-11,14-17H,1-3,6-7,12H2. The molecule has 3 rings (SSSR count).